The first kappa shape index (κ1) is 21.1. The number of fused-ring (bicyclic) bond motifs is 1. The SMILES string of the molecule is COCCNC(=O)C(=Cc1ccc(C(=O)O)cc1)COc1cccc2ccccc12. The Morgan fingerprint density at radius 2 is 1.73 bits per heavy atom. The van der Waals surface area contributed by atoms with Crippen molar-refractivity contribution in [3.05, 3.63) is 83.4 Å². The van der Waals surface area contributed by atoms with Crippen LogP contribution in [-0.2, 0) is 9.53 Å². The smallest absolute Gasteiger partial charge is 0.335 e. The van der Waals surface area contributed by atoms with E-state index in [0.717, 1.165) is 10.8 Å². The predicted octanol–water partition coefficient (Wildman–Crippen LogP) is 3.76. The molecule has 0 aliphatic rings. The maximum atomic E-state index is 12.7. The Bertz CT molecular complexity index is 1050. The molecular weight excluding hydrogens is 382 g/mol. The number of nitrogens with one attached hydrogen (secondary N) is 1. The van der Waals surface area contributed by atoms with Crippen LogP contribution in [-0.4, -0.2) is 43.9 Å². The summed E-state index contributed by atoms with van der Waals surface area (Å²) in [6.45, 7) is 0.836. The normalized spacial score (nSPS) is 11.3. The largest absolute Gasteiger partial charge is 0.488 e. The van der Waals surface area contributed by atoms with Crippen LogP contribution in [0.1, 0.15) is 15.9 Å². The van der Waals surface area contributed by atoms with Crippen molar-refractivity contribution in [1.82, 2.24) is 5.32 Å². The lowest BCUT2D eigenvalue weighted by atomic mass is 10.1. The lowest BCUT2D eigenvalue weighted by Crippen LogP contribution is -2.30. The molecule has 0 atom stereocenters. The highest BCUT2D eigenvalue weighted by atomic mass is 16.5. The quantitative estimate of drug-likeness (QED) is 0.418. The zero-order valence-electron chi connectivity index (χ0n) is 16.6. The fourth-order valence-corrected chi connectivity index (χ4v) is 2.95. The summed E-state index contributed by atoms with van der Waals surface area (Å²) in [7, 11) is 1.57. The van der Waals surface area contributed by atoms with Crippen molar-refractivity contribution < 1.29 is 24.2 Å². The number of carbonyl (C=O) groups is 2. The Morgan fingerprint density at radius 3 is 2.47 bits per heavy atom. The van der Waals surface area contributed by atoms with Crippen molar-refractivity contribution in [2.45, 2.75) is 0 Å². The Balaban J connectivity index is 1.83. The lowest BCUT2D eigenvalue weighted by molar-refractivity contribution is -0.117. The van der Waals surface area contributed by atoms with Gasteiger partial charge in [0.15, 0.2) is 0 Å². The van der Waals surface area contributed by atoms with Gasteiger partial charge in [-0.2, -0.15) is 0 Å². The molecule has 0 saturated heterocycles. The molecule has 0 saturated carbocycles. The molecule has 6 nitrogen and oxygen atoms in total. The number of aromatic carboxylic acids is 1. The van der Waals surface area contributed by atoms with E-state index in [1.54, 1.807) is 25.3 Å². The van der Waals surface area contributed by atoms with E-state index >= 15 is 0 Å². The van der Waals surface area contributed by atoms with Gasteiger partial charge >= 0.3 is 5.97 Å². The molecule has 0 aromatic heterocycles. The molecule has 0 spiro atoms. The number of hydrogen-bond acceptors (Lipinski definition) is 4. The van der Waals surface area contributed by atoms with Gasteiger partial charge in [-0.1, -0.05) is 48.5 Å². The third kappa shape index (κ3) is 5.46. The summed E-state index contributed by atoms with van der Waals surface area (Å²) >= 11 is 0. The molecule has 30 heavy (non-hydrogen) atoms. The van der Waals surface area contributed by atoms with Crippen LogP contribution in [0.2, 0.25) is 0 Å². The molecule has 0 bridgehead atoms. The van der Waals surface area contributed by atoms with Gasteiger partial charge in [-0.25, -0.2) is 4.79 Å². The number of amides is 1. The lowest BCUT2D eigenvalue weighted by Gasteiger charge is -2.13. The minimum absolute atomic E-state index is 0.0630. The van der Waals surface area contributed by atoms with Gasteiger partial charge in [-0.05, 0) is 35.2 Å². The topological polar surface area (TPSA) is 84.9 Å². The number of methoxy groups -OCH3 is 1. The number of carboxylic acid groups (broad SMARTS) is 1. The summed E-state index contributed by atoms with van der Waals surface area (Å²) in [4.78, 5) is 23.7. The van der Waals surface area contributed by atoms with Crippen molar-refractivity contribution in [1.29, 1.82) is 0 Å². The van der Waals surface area contributed by atoms with Crippen molar-refractivity contribution in [3.63, 3.8) is 0 Å². The first-order chi connectivity index (χ1) is 14.6. The summed E-state index contributed by atoms with van der Waals surface area (Å²) in [6.07, 6.45) is 1.69. The summed E-state index contributed by atoms with van der Waals surface area (Å²) in [5, 5.41) is 13.9. The summed E-state index contributed by atoms with van der Waals surface area (Å²) in [5.74, 6) is -0.582. The number of carboxylic acids is 1. The average Bonchev–Trinajstić information content (AvgIpc) is 2.77. The second kappa shape index (κ2) is 10.2. The molecule has 154 valence electrons. The molecule has 0 aliphatic carbocycles. The molecule has 3 aromatic carbocycles. The Morgan fingerprint density at radius 1 is 1.00 bits per heavy atom. The molecule has 0 fully saturated rings. The molecule has 3 rings (SSSR count). The van der Waals surface area contributed by atoms with Gasteiger partial charge in [0.05, 0.1) is 17.7 Å². The monoisotopic (exact) mass is 405 g/mol. The number of carbonyl (C=O) groups excluding carboxylic acids is 1. The second-order valence-electron chi connectivity index (χ2n) is 6.61. The van der Waals surface area contributed by atoms with E-state index in [9.17, 15) is 9.59 Å². The second-order valence-corrected chi connectivity index (χ2v) is 6.61. The fourth-order valence-electron chi connectivity index (χ4n) is 2.95. The van der Waals surface area contributed by atoms with Gasteiger partial charge in [0.25, 0.3) is 5.91 Å². The number of benzene rings is 3. The molecule has 3 aromatic rings. The van der Waals surface area contributed by atoms with Crippen LogP contribution < -0.4 is 10.1 Å². The van der Waals surface area contributed by atoms with E-state index in [2.05, 4.69) is 5.32 Å². The fraction of sp³-hybridized carbons (Fsp3) is 0.167. The zero-order valence-corrected chi connectivity index (χ0v) is 16.6. The van der Waals surface area contributed by atoms with E-state index < -0.39 is 5.97 Å². The zero-order chi connectivity index (χ0) is 21.3. The average molecular weight is 405 g/mol. The van der Waals surface area contributed by atoms with E-state index in [4.69, 9.17) is 14.6 Å². The minimum atomic E-state index is -0.998. The van der Waals surface area contributed by atoms with E-state index in [-0.39, 0.29) is 18.1 Å². The van der Waals surface area contributed by atoms with Gasteiger partial charge in [0.2, 0.25) is 0 Å². The van der Waals surface area contributed by atoms with E-state index in [0.29, 0.717) is 30.0 Å². The molecule has 1 amide bonds. The maximum absolute atomic E-state index is 12.7. The molecule has 0 heterocycles. The Hall–Kier alpha value is -3.64. The first-order valence-corrected chi connectivity index (χ1v) is 9.50. The number of rotatable bonds is 9. The predicted molar refractivity (Wildman–Crippen MR) is 116 cm³/mol. The highest BCUT2D eigenvalue weighted by molar-refractivity contribution is 5.98. The van der Waals surface area contributed by atoms with Gasteiger partial charge in [0, 0.05) is 19.0 Å². The molecular formula is C24H23NO5. The van der Waals surface area contributed by atoms with Crippen LogP contribution in [0.15, 0.2) is 72.3 Å². The van der Waals surface area contributed by atoms with Crippen LogP contribution in [0.5, 0.6) is 5.75 Å². The van der Waals surface area contributed by atoms with Crippen LogP contribution in [0.4, 0.5) is 0 Å². The third-order valence-electron chi connectivity index (χ3n) is 4.51. The van der Waals surface area contributed by atoms with Crippen LogP contribution in [0.3, 0.4) is 0 Å². The number of ether oxygens (including phenoxy) is 2. The van der Waals surface area contributed by atoms with Gasteiger partial charge in [-0.15, -0.1) is 0 Å². The molecule has 0 radical (unpaired) electrons. The van der Waals surface area contributed by atoms with E-state index in [1.807, 2.05) is 42.5 Å². The third-order valence-corrected chi connectivity index (χ3v) is 4.51. The summed E-state index contributed by atoms with van der Waals surface area (Å²) < 4.78 is 11.0. The molecule has 2 N–H and O–H groups in total. The molecule has 0 unspecified atom stereocenters. The van der Waals surface area contributed by atoms with Crippen LogP contribution in [0.25, 0.3) is 16.8 Å². The van der Waals surface area contributed by atoms with E-state index in [1.165, 1.54) is 12.1 Å². The maximum Gasteiger partial charge on any atom is 0.335 e. The number of hydrogen-bond donors (Lipinski definition) is 2. The standard InChI is InChI=1S/C24H23NO5/c1-29-14-13-25-23(26)20(15-17-9-11-19(12-10-17)24(27)28)16-30-22-8-4-6-18-5-2-3-7-21(18)22/h2-12,15H,13-14,16H2,1H3,(H,25,26)(H,27,28). The summed E-state index contributed by atoms with van der Waals surface area (Å²) in [6, 6.07) is 20.0. The van der Waals surface area contributed by atoms with Crippen molar-refractivity contribution in [3.8, 4) is 5.75 Å². The Kier molecular flexibility index (Phi) is 7.19. The highest BCUT2D eigenvalue weighted by Crippen LogP contribution is 2.25. The Labute approximate surface area is 174 Å². The first-order valence-electron chi connectivity index (χ1n) is 9.50. The molecule has 6 heteroatoms. The van der Waals surface area contributed by atoms with Gasteiger partial charge < -0.3 is 19.9 Å². The summed E-state index contributed by atoms with van der Waals surface area (Å²) in [5.41, 5.74) is 1.31. The van der Waals surface area contributed by atoms with Crippen molar-refractivity contribution >= 4 is 28.7 Å². The van der Waals surface area contributed by atoms with Gasteiger partial charge in [0.1, 0.15) is 12.4 Å². The highest BCUT2D eigenvalue weighted by Gasteiger charge is 2.12. The van der Waals surface area contributed by atoms with Crippen LogP contribution in [0, 0.1) is 0 Å². The van der Waals surface area contributed by atoms with Crippen molar-refractivity contribution in [2.75, 3.05) is 26.9 Å². The minimum Gasteiger partial charge on any atom is -0.488 e. The van der Waals surface area contributed by atoms with Crippen molar-refractivity contribution in [2.24, 2.45) is 0 Å². The van der Waals surface area contributed by atoms with Crippen LogP contribution >= 0.6 is 0 Å². The molecule has 0 aliphatic heterocycles. The van der Waals surface area contributed by atoms with Gasteiger partial charge in [-0.3, -0.25) is 4.79 Å².